The molecule has 1 aliphatic heterocycles. The Bertz CT molecular complexity index is 464. The summed E-state index contributed by atoms with van der Waals surface area (Å²) < 4.78 is 2.34. The molecule has 0 aromatic carbocycles. The van der Waals surface area contributed by atoms with E-state index in [1.165, 1.54) is 17.9 Å². The lowest BCUT2D eigenvalue weighted by Crippen LogP contribution is -2.24. The van der Waals surface area contributed by atoms with Crippen LogP contribution >= 0.6 is 0 Å². The fourth-order valence-corrected chi connectivity index (χ4v) is 3.08. The molecule has 4 nitrogen and oxygen atoms in total. The minimum absolute atomic E-state index is 0.225. The van der Waals surface area contributed by atoms with Crippen molar-refractivity contribution in [3.8, 4) is 0 Å². The van der Waals surface area contributed by atoms with Crippen LogP contribution in [0.1, 0.15) is 37.0 Å². The molecule has 1 N–H and O–H groups in total. The molecular formula is C13H18N2O2. The van der Waals surface area contributed by atoms with Crippen molar-refractivity contribution >= 4 is 5.97 Å². The summed E-state index contributed by atoms with van der Waals surface area (Å²) in [6, 6.07) is 0. The Kier molecular flexibility index (Phi) is 2.45. The number of hydrogen-bond acceptors (Lipinski definition) is 2. The third kappa shape index (κ3) is 1.75. The lowest BCUT2D eigenvalue weighted by Gasteiger charge is -2.23. The van der Waals surface area contributed by atoms with Gasteiger partial charge in [-0.25, -0.2) is 4.98 Å². The Balaban J connectivity index is 1.92. The summed E-state index contributed by atoms with van der Waals surface area (Å²) in [7, 11) is 0. The zero-order chi connectivity index (χ0) is 12.0. The SMILES string of the molecule is CC1CCn2c(nc3c2CCC(C(=O)O)C3)C1. The first kappa shape index (κ1) is 10.8. The Hall–Kier alpha value is -1.32. The second kappa shape index (κ2) is 3.86. The van der Waals surface area contributed by atoms with Crippen LogP contribution in [0, 0.1) is 11.8 Å². The van der Waals surface area contributed by atoms with Crippen molar-refractivity contribution in [2.75, 3.05) is 0 Å². The summed E-state index contributed by atoms with van der Waals surface area (Å²) >= 11 is 0. The minimum Gasteiger partial charge on any atom is -0.481 e. The molecule has 1 aromatic heterocycles. The smallest absolute Gasteiger partial charge is 0.306 e. The molecule has 0 saturated carbocycles. The van der Waals surface area contributed by atoms with Gasteiger partial charge in [0.25, 0.3) is 0 Å². The van der Waals surface area contributed by atoms with Gasteiger partial charge in [0, 0.05) is 25.1 Å². The number of carbonyl (C=O) groups is 1. The Morgan fingerprint density at radius 1 is 1.41 bits per heavy atom. The molecule has 2 atom stereocenters. The van der Waals surface area contributed by atoms with Gasteiger partial charge in [-0.2, -0.15) is 0 Å². The van der Waals surface area contributed by atoms with Crippen molar-refractivity contribution in [1.29, 1.82) is 0 Å². The van der Waals surface area contributed by atoms with Crippen molar-refractivity contribution in [2.45, 2.75) is 45.6 Å². The maximum atomic E-state index is 11.0. The maximum Gasteiger partial charge on any atom is 0.306 e. The topological polar surface area (TPSA) is 55.1 Å². The number of aromatic nitrogens is 2. The highest BCUT2D eigenvalue weighted by molar-refractivity contribution is 5.70. The van der Waals surface area contributed by atoms with Crippen molar-refractivity contribution in [1.82, 2.24) is 9.55 Å². The van der Waals surface area contributed by atoms with E-state index in [1.807, 2.05) is 0 Å². The molecule has 1 aromatic rings. The average molecular weight is 234 g/mol. The molecule has 0 radical (unpaired) electrons. The zero-order valence-corrected chi connectivity index (χ0v) is 10.1. The Morgan fingerprint density at radius 2 is 2.24 bits per heavy atom. The van der Waals surface area contributed by atoms with Gasteiger partial charge in [-0.1, -0.05) is 6.92 Å². The zero-order valence-electron chi connectivity index (χ0n) is 10.1. The van der Waals surface area contributed by atoms with E-state index >= 15 is 0 Å². The highest BCUT2D eigenvalue weighted by atomic mass is 16.4. The van der Waals surface area contributed by atoms with Gasteiger partial charge in [-0.15, -0.1) is 0 Å². The quantitative estimate of drug-likeness (QED) is 0.804. The fourth-order valence-electron chi connectivity index (χ4n) is 3.08. The van der Waals surface area contributed by atoms with Gasteiger partial charge in [-0.05, 0) is 25.2 Å². The molecule has 0 saturated heterocycles. The molecule has 3 rings (SSSR count). The van der Waals surface area contributed by atoms with Gasteiger partial charge < -0.3 is 9.67 Å². The molecule has 92 valence electrons. The first-order chi connectivity index (χ1) is 8.15. The highest BCUT2D eigenvalue weighted by Gasteiger charge is 2.30. The lowest BCUT2D eigenvalue weighted by molar-refractivity contribution is -0.142. The summed E-state index contributed by atoms with van der Waals surface area (Å²) in [4.78, 5) is 15.7. The molecule has 0 amide bonds. The molecular weight excluding hydrogens is 216 g/mol. The van der Waals surface area contributed by atoms with E-state index < -0.39 is 5.97 Å². The van der Waals surface area contributed by atoms with Crippen molar-refractivity contribution in [2.24, 2.45) is 11.8 Å². The molecule has 2 aliphatic rings. The van der Waals surface area contributed by atoms with Crippen LogP contribution in [0.4, 0.5) is 0 Å². The molecule has 2 heterocycles. The van der Waals surface area contributed by atoms with E-state index in [9.17, 15) is 4.79 Å². The number of fused-ring (bicyclic) bond motifs is 3. The van der Waals surface area contributed by atoms with Crippen LogP contribution in [0.5, 0.6) is 0 Å². The van der Waals surface area contributed by atoms with Crippen LogP contribution in [-0.4, -0.2) is 20.6 Å². The lowest BCUT2D eigenvalue weighted by atomic mass is 9.90. The van der Waals surface area contributed by atoms with Gasteiger partial charge in [0.2, 0.25) is 0 Å². The van der Waals surface area contributed by atoms with Crippen LogP contribution in [0.25, 0.3) is 0 Å². The number of carboxylic acid groups (broad SMARTS) is 1. The number of carboxylic acids is 1. The first-order valence-corrected chi connectivity index (χ1v) is 6.45. The van der Waals surface area contributed by atoms with E-state index in [2.05, 4.69) is 16.5 Å². The molecule has 1 aliphatic carbocycles. The molecule has 2 unspecified atom stereocenters. The maximum absolute atomic E-state index is 11.0. The highest BCUT2D eigenvalue weighted by Crippen LogP contribution is 2.30. The van der Waals surface area contributed by atoms with E-state index in [0.29, 0.717) is 12.3 Å². The van der Waals surface area contributed by atoms with Crippen molar-refractivity contribution in [3.05, 3.63) is 17.2 Å². The van der Waals surface area contributed by atoms with Gasteiger partial charge in [0.05, 0.1) is 11.6 Å². The molecule has 0 spiro atoms. The summed E-state index contributed by atoms with van der Waals surface area (Å²) in [5.41, 5.74) is 2.36. The predicted octanol–water partition coefficient (Wildman–Crippen LogP) is 1.65. The second-order valence-electron chi connectivity index (χ2n) is 5.45. The van der Waals surface area contributed by atoms with Crippen molar-refractivity contribution < 1.29 is 9.90 Å². The van der Waals surface area contributed by atoms with E-state index in [1.54, 1.807) is 0 Å². The van der Waals surface area contributed by atoms with Crippen LogP contribution in [0.15, 0.2) is 0 Å². The fraction of sp³-hybridized carbons (Fsp3) is 0.692. The first-order valence-electron chi connectivity index (χ1n) is 6.45. The van der Waals surface area contributed by atoms with E-state index in [-0.39, 0.29) is 5.92 Å². The number of nitrogens with zero attached hydrogens (tertiary/aromatic N) is 2. The third-order valence-electron chi connectivity index (χ3n) is 4.13. The minimum atomic E-state index is -0.671. The number of aliphatic carboxylic acids is 1. The van der Waals surface area contributed by atoms with Crippen LogP contribution < -0.4 is 0 Å². The summed E-state index contributed by atoms with van der Waals surface area (Å²) in [6.45, 7) is 3.33. The molecule has 4 heteroatoms. The third-order valence-corrected chi connectivity index (χ3v) is 4.13. The summed E-state index contributed by atoms with van der Waals surface area (Å²) in [5, 5.41) is 9.07. The van der Waals surface area contributed by atoms with Gasteiger partial charge >= 0.3 is 5.97 Å². The molecule has 17 heavy (non-hydrogen) atoms. The standard InChI is InChI=1S/C13H18N2O2/c1-8-4-5-15-11-3-2-9(13(16)17)7-10(11)14-12(15)6-8/h8-9H,2-7H2,1H3,(H,16,17). The second-order valence-corrected chi connectivity index (χ2v) is 5.45. The monoisotopic (exact) mass is 234 g/mol. The molecule has 0 fully saturated rings. The van der Waals surface area contributed by atoms with E-state index in [0.717, 1.165) is 31.5 Å². The van der Waals surface area contributed by atoms with Gasteiger partial charge in [-0.3, -0.25) is 4.79 Å². The number of imidazole rings is 1. The number of hydrogen-bond donors (Lipinski definition) is 1. The van der Waals surface area contributed by atoms with Crippen molar-refractivity contribution in [3.63, 3.8) is 0 Å². The average Bonchev–Trinajstić information content (AvgIpc) is 2.64. The Morgan fingerprint density at radius 3 is 3.00 bits per heavy atom. The van der Waals surface area contributed by atoms with E-state index in [4.69, 9.17) is 5.11 Å². The van der Waals surface area contributed by atoms with Gasteiger partial charge in [0.15, 0.2) is 0 Å². The summed E-state index contributed by atoms with van der Waals surface area (Å²) in [6.07, 6.45) is 4.54. The van der Waals surface area contributed by atoms with Gasteiger partial charge in [0.1, 0.15) is 5.82 Å². The predicted molar refractivity (Wildman–Crippen MR) is 62.9 cm³/mol. The van der Waals surface area contributed by atoms with Crippen LogP contribution in [0.3, 0.4) is 0 Å². The Labute approximate surface area is 101 Å². The normalized spacial score (nSPS) is 27.4. The van der Waals surface area contributed by atoms with Crippen LogP contribution in [0.2, 0.25) is 0 Å². The number of rotatable bonds is 1. The largest absolute Gasteiger partial charge is 0.481 e. The van der Waals surface area contributed by atoms with Crippen LogP contribution in [-0.2, 0) is 30.6 Å². The molecule has 0 bridgehead atoms. The summed E-state index contributed by atoms with van der Waals surface area (Å²) in [5.74, 6) is 0.994.